The van der Waals surface area contributed by atoms with Gasteiger partial charge in [0.1, 0.15) is 0 Å². The molecule has 0 amide bonds. The first-order valence-electron chi connectivity index (χ1n) is 2.95. The van der Waals surface area contributed by atoms with Gasteiger partial charge in [-0.2, -0.15) is 8.78 Å². The standard InChI is InChI=1S/C8H5F2O.Li/c9-8(10)6-11-7-4-2-1-3-5-7;/h1-5H;/q-1;+1. The zero-order valence-corrected chi connectivity index (χ0v) is 6.55. The Morgan fingerprint density at radius 2 is 1.75 bits per heavy atom. The number of hydrogen-bond donors (Lipinski definition) is 0. The number of hydrogen-bond acceptors (Lipinski definition) is 1. The Hall–Kier alpha value is -0.783. The van der Waals surface area contributed by atoms with Crippen LogP contribution >= 0.6 is 0 Å². The maximum Gasteiger partial charge on any atom is 1.00 e. The van der Waals surface area contributed by atoms with E-state index in [2.05, 4.69) is 4.74 Å². The minimum atomic E-state index is -1.96. The molecule has 0 saturated heterocycles. The molecule has 4 heteroatoms. The fourth-order valence-corrected chi connectivity index (χ4v) is 0.586. The van der Waals surface area contributed by atoms with E-state index in [1.54, 1.807) is 30.3 Å². The van der Waals surface area contributed by atoms with Crippen molar-refractivity contribution in [2.45, 2.75) is 0 Å². The molecule has 0 radical (unpaired) electrons. The van der Waals surface area contributed by atoms with Gasteiger partial charge in [0.2, 0.25) is 6.08 Å². The fourth-order valence-electron chi connectivity index (χ4n) is 0.586. The first kappa shape index (κ1) is 11.2. The molecular formula is C8H5F2LiO. The van der Waals surface area contributed by atoms with Gasteiger partial charge < -0.3 is 4.74 Å². The summed E-state index contributed by atoms with van der Waals surface area (Å²) in [5, 5.41) is 0. The second-order valence-electron chi connectivity index (χ2n) is 1.78. The molecule has 0 aliphatic rings. The minimum absolute atomic E-state index is 0. The first-order chi connectivity index (χ1) is 5.29. The summed E-state index contributed by atoms with van der Waals surface area (Å²) in [6, 6.07) is 8.27. The van der Waals surface area contributed by atoms with E-state index in [0.717, 1.165) is 0 Å². The van der Waals surface area contributed by atoms with Gasteiger partial charge in [0.05, 0.1) is 0 Å². The molecule has 0 bridgehead atoms. The van der Waals surface area contributed by atoms with Gasteiger partial charge in [0, 0.05) is 0 Å². The number of para-hydroxylation sites is 1. The van der Waals surface area contributed by atoms with Crippen LogP contribution in [0.3, 0.4) is 0 Å². The van der Waals surface area contributed by atoms with Gasteiger partial charge in [-0.15, -0.1) is 12.1 Å². The average Bonchev–Trinajstić information content (AvgIpc) is 2.03. The Bertz CT molecular complexity index is 244. The molecule has 0 atom stereocenters. The normalized spacial score (nSPS) is 8.17. The summed E-state index contributed by atoms with van der Waals surface area (Å²) in [6.07, 6.45) is -0.519. The van der Waals surface area contributed by atoms with E-state index in [1.807, 2.05) is 0 Å². The van der Waals surface area contributed by atoms with Crippen LogP contribution in [0.15, 0.2) is 36.4 Å². The van der Waals surface area contributed by atoms with E-state index < -0.39 is 6.08 Å². The van der Waals surface area contributed by atoms with Crippen LogP contribution in [0.4, 0.5) is 8.78 Å². The smallest absolute Gasteiger partial charge is 0.636 e. The van der Waals surface area contributed by atoms with Crippen LogP contribution in [0.25, 0.3) is 0 Å². The SMILES string of the molecule is FC(F)=[C-]Oc1ccccc1.[Li+]. The van der Waals surface area contributed by atoms with Crippen LogP contribution in [0.1, 0.15) is 0 Å². The summed E-state index contributed by atoms with van der Waals surface area (Å²) in [4.78, 5) is 0. The molecule has 58 valence electrons. The summed E-state index contributed by atoms with van der Waals surface area (Å²) in [6.45, 7) is 0. The minimum Gasteiger partial charge on any atom is -0.636 e. The molecule has 0 unspecified atom stereocenters. The second-order valence-corrected chi connectivity index (χ2v) is 1.78. The zero-order chi connectivity index (χ0) is 8.10. The fraction of sp³-hybridized carbons (Fsp3) is 0. The Morgan fingerprint density at radius 3 is 2.25 bits per heavy atom. The van der Waals surface area contributed by atoms with Gasteiger partial charge in [-0.25, -0.2) is 0 Å². The monoisotopic (exact) mass is 162 g/mol. The van der Waals surface area contributed by atoms with E-state index in [0.29, 0.717) is 5.75 Å². The van der Waals surface area contributed by atoms with E-state index in [-0.39, 0.29) is 18.9 Å². The van der Waals surface area contributed by atoms with Crippen molar-refractivity contribution in [2.75, 3.05) is 0 Å². The van der Waals surface area contributed by atoms with Gasteiger partial charge in [-0.1, -0.05) is 18.2 Å². The summed E-state index contributed by atoms with van der Waals surface area (Å²) in [5.41, 5.74) is 0. The molecule has 1 aromatic rings. The summed E-state index contributed by atoms with van der Waals surface area (Å²) >= 11 is 0. The molecule has 12 heavy (non-hydrogen) atoms. The van der Waals surface area contributed by atoms with Gasteiger partial charge in [-0.05, 0) is 12.0 Å². The van der Waals surface area contributed by atoms with Crippen molar-refractivity contribution in [3.05, 3.63) is 42.7 Å². The van der Waals surface area contributed by atoms with Crippen molar-refractivity contribution in [3.63, 3.8) is 0 Å². The van der Waals surface area contributed by atoms with Crippen molar-refractivity contribution in [1.82, 2.24) is 0 Å². The van der Waals surface area contributed by atoms with Gasteiger partial charge in [0.15, 0.2) is 0 Å². The third-order valence-electron chi connectivity index (χ3n) is 0.989. The Balaban J connectivity index is 0.00000121. The number of halogens is 2. The summed E-state index contributed by atoms with van der Waals surface area (Å²) in [5.74, 6) is 0.348. The third kappa shape index (κ3) is 4.17. The Morgan fingerprint density at radius 1 is 1.17 bits per heavy atom. The quantitative estimate of drug-likeness (QED) is 0.327. The molecule has 0 spiro atoms. The van der Waals surface area contributed by atoms with Crippen LogP contribution in [0.5, 0.6) is 5.75 Å². The molecule has 0 N–H and O–H groups in total. The van der Waals surface area contributed by atoms with Crippen molar-refractivity contribution in [3.8, 4) is 5.75 Å². The molecule has 0 heterocycles. The van der Waals surface area contributed by atoms with Gasteiger partial charge >= 0.3 is 18.9 Å². The maximum absolute atomic E-state index is 11.4. The van der Waals surface area contributed by atoms with Crippen LogP contribution in [0.2, 0.25) is 0 Å². The molecule has 0 saturated carbocycles. The van der Waals surface area contributed by atoms with E-state index in [1.165, 1.54) is 6.26 Å². The molecule has 1 nitrogen and oxygen atoms in total. The average molecular weight is 162 g/mol. The number of ether oxygens (including phenoxy) is 1. The molecule has 1 aromatic carbocycles. The van der Waals surface area contributed by atoms with Crippen LogP contribution in [-0.4, -0.2) is 0 Å². The van der Waals surface area contributed by atoms with Gasteiger partial charge in [-0.3, -0.25) is 0 Å². The van der Waals surface area contributed by atoms with E-state index in [9.17, 15) is 8.78 Å². The van der Waals surface area contributed by atoms with Crippen LogP contribution < -0.4 is 23.6 Å². The molecule has 0 fully saturated rings. The second kappa shape index (κ2) is 5.82. The Kier molecular flexibility index (Phi) is 5.44. The van der Waals surface area contributed by atoms with Crippen molar-refractivity contribution >= 4 is 0 Å². The Labute approximate surface area is 81.2 Å². The van der Waals surface area contributed by atoms with Crippen molar-refractivity contribution < 1.29 is 32.4 Å². The van der Waals surface area contributed by atoms with E-state index >= 15 is 0 Å². The molecule has 0 aliphatic heterocycles. The third-order valence-corrected chi connectivity index (χ3v) is 0.989. The number of benzene rings is 1. The predicted molar refractivity (Wildman–Crippen MR) is 36.0 cm³/mol. The topological polar surface area (TPSA) is 9.23 Å². The molecule has 0 aromatic heterocycles. The number of rotatable bonds is 2. The molecule has 0 aliphatic carbocycles. The van der Waals surface area contributed by atoms with Crippen molar-refractivity contribution in [1.29, 1.82) is 0 Å². The van der Waals surface area contributed by atoms with E-state index in [4.69, 9.17) is 0 Å². The first-order valence-corrected chi connectivity index (χ1v) is 2.95. The summed E-state index contributed by atoms with van der Waals surface area (Å²) in [7, 11) is 0. The zero-order valence-electron chi connectivity index (χ0n) is 6.55. The van der Waals surface area contributed by atoms with Gasteiger partial charge in [0.25, 0.3) is 0 Å². The van der Waals surface area contributed by atoms with Crippen molar-refractivity contribution in [2.24, 2.45) is 0 Å². The van der Waals surface area contributed by atoms with Crippen LogP contribution in [0, 0.1) is 6.26 Å². The predicted octanol–water partition coefficient (Wildman–Crippen LogP) is -0.390. The molecule has 1 rings (SSSR count). The molecular weight excluding hydrogens is 157 g/mol. The maximum atomic E-state index is 11.4. The summed E-state index contributed by atoms with van der Waals surface area (Å²) < 4.78 is 27.2. The van der Waals surface area contributed by atoms with Crippen LogP contribution in [-0.2, 0) is 0 Å². The largest absolute Gasteiger partial charge is 1.00 e.